The van der Waals surface area contributed by atoms with E-state index < -0.39 is 0 Å². The smallest absolute Gasteiger partial charge is 0.231 e. The van der Waals surface area contributed by atoms with Gasteiger partial charge >= 0.3 is 0 Å². The zero-order chi connectivity index (χ0) is 14.5. The quantitative estimate of drug-likeness (QED) is 0.627. The molecule has 0 unspecified atom stereocenters. The summed E-state index contributed by atoms with van der Waals surface area (Å²) in [6.07, 6.45) is 5.63. The average molecular weight is 275 g/mol. The van der Waals surface area contributed by atoms with Crippen molar-refractivity contribution in [2.24, 2.45) is 0 Å². The standard InChI is InChI=1S/C18H13NO2/c19-12-16(8-4-7-14-5-2-1-3-6-14)15-9-10-17-18(11-15)21-13-20-17/h1-11H,13H2/b7-4+,16-8-. The summed E-state index contributed by atoms with van der Waals surface area (Å²) in [6, 6.07) is 17.7. The lowest BCUT2D eigenvalue weighted by Crippen LogP contribution is -1.92. The van der Waals surface area contributed by atoms with Gasteiger partial charge in [0.05, 0.1) is 11.6 Å². The molecule has 0 atom stereocenters. The maximum atomic E-state index is 9.30. The third-order valence-electron chi connectivity index (χ3n) is 3.16. The number of fused-ring (bicyclic) bond motifs is 1. The van der Waals surface area contributed by atoms with E-state index in [0.717, 1.165) is 16.9 Å². The molecule has 0 bridgehead atoms. The van der Waals surface area contributed by atoms with Crippen LogP contribution in [0.4, 0.5) is 0 Å². The van der Waals surface area contributed by atoms with Crippen LogP contribution in [0.15, 0.2) is 60.7 Å². The SMILES string of the molecule is N#C/C(=C/C=C/c1ccccc1)c1ccc2c(c1)OCO2. The predicted molar refractivity (Wildman–Crippen MR) is 81.6 cm³/mol. The molecule has 0 aliphatic carbocycles. The van der Waals surface area contributed by atoms with E-state index in [4.69, 9.17) is 9.47 Å². The summed E-state index contributed by atoms with van der Waals surface area (Å²) in [5.41, 5.74) is 2.50. The fourth-order valence-electron chi connectivity index (χ4n) is 2.08. The number of nitriles is 1. The van der Waals surface area contributed by atoms with E-state index >= 15 is 0 Å². The highest BCUT2D eigenvalue weighted by Crippen LogP contribution is 2.34. The van der Waals surface area contributed by atoms with Gasteiger partial charge in [-0.3, -0.25) is 0 Å². The Morgan fingerprint density at radius 2 is 1.86 bits per heavy atom. The first kappa shape index (κ1) is 13.0. The second-order valence-corrected chi connectivity index (χ2v) is 4.53. The zero-order valence-corrected chi connectivity index (χ0v) is 11.3. The van der Waals surface area contributed by atoms with Crippen molar-refractivity contribution >= 4 is 11.6 Å². The summed E-state index contributed by atoms with van der Waals surface area (Å²) < 4.78 is 10.6. The van der Waals surface area contributed by atoms with Gasteiger partial charge in [0.2, 0.25) is 6.79 Å². The van der Waals surface area contributed by atoms with Crippen LogP contribution in [0.5, 0.6) is 11.5 Å². The second kappa shape index (κ2) is 5.98. The number of rotatable bonds is 3. The van der Waals surface area contributed by atoms with E-state index in [1.54, 1.807) is 6.08 Å². The van der Waals surface area contributed by atoms with Crippen molar-refractivity contribution in [1.82, 2.24) is 0 Å². The summed E-state index contributed by atoms with van der Waals surface area (Å²) >= 11 is 0. The molecule has 2 aromatic rings. The highest BCUT2D eigenvalue weighted by molar-refractivity contribution is 5.79. The van der Waals surface area contributed by atoms with Gasteiger partial charge in [-0.15, -0.1) is 0 Å². The molecule has 0 radical (unpaired) electrons. The summed E-state index contributed by atoms with van der Waals surface area (Å²) in [6.45, 7) is 0.234. The lowest BCUT2D eigenvalue weighted by molar-refractivity contribution is 0.174. The molecule has 2 aromatic carbocycles. The Morgan fingerprint density at radius 1 is 1.05 bits per heavy atom. The van der Waals surface area contributed by atoms with E-state index in [0.29, 0.717) is 11.3 Å². The first-order valence-electron chi connectivity index (χ1n) is 6.60. The van der Waals surface area contributed by atoms with E-state index in [1.165, 1.54) is 0 Å². The minimum absolute atomic E-state index is 0.234. The van der Waals surface area contributed by atoms with E-state index in [1.807, 2.05) is 60.7 Å². The molecule has 0 fully saturated rings. The molecular weight excluding hydrogens is 262 g/mol. The van der Waals surface area contributed by atoms with Crippen LogP contribution in [0.2, 0.25) is 0 Å². The molecule has 1 aliphatic heterocycles. The Kier molecular flexibility index (Phi) is 3.70. The van der Waals surface area contributed by atoms with Crippen LogP contribution in [0.1, 0.15) is 11.1 Å². The van der Waals surface area contributed by atoms with Gasteiger partial charge in [0, 0.05) is 0 Å². The molecule has 0 spiro atoms. The van der Waals surface area contributed by atoms with E-state index in [-0.39, 0.29) is 6.79 Å². The fourth-order valence-corrected chi connectivity index (χ4v) is 2.08. The molecule has 0 aromatic heterocycles. The maximum absolute atomic E-state index is 9.30. The Hall–Kier alpha value is -2.99. The lowest BCUT2D eigenvalue weighted by Gasteiger charge is -2.00. The fraction of sp³-hybridized carbons (Fsp3) is 0.0556. The Balaban J connectivity index is 1.83. The minimum Gasteiger partial charge on any atom is -0.454 e. The number of allylic oxidation sites excluding steroid dienone is 3. The van der Waals surface area contributed by atoms with Gasteiger partial charge in [-0.25, -0.2) is 0 Å². The largest absolute Gasteiger partial charge is 0.454 e. The molecule has 3 nitrogen and oxygen atoms in total. The van der Waals surface area contributed by atoms with Gasteiger partial charge in [0.15, 0.2) is 11.5 Å². The molecular formula is C18H13NO2. The van der Waals surface area contributed by atoms with Gasteiger partial charge in [0.25, 0.3) is 0 Å². The average Bonchev–Trinajstić information content (AvgIpc) is 3.00. The third-order valence-corrected chi connectivity index (χ3v) is 3.16. The Bertz CT molecular complexity index is 740. The van der Waals surface area contributed by atoms with Crippen LogP contribution in [-0.2, 0) is 0 Å². The summed E-state index contributed by atoms with van der Waals surface area (Å²) in [5.74, 6) is 1.40. The molecule has 0 saturated carbocycles. The Labute approximate surface area is 123 Å². The summed E-state index contributed by atoms with van der Waals surface area (Å²) in [7, 11) is 0. The molecule has 3 rings (SSSR count). The number of nitrogens with zero attached hydrogens (tertiary/aromatic N) is 1. The molecule has 102 valence electrons. The van der Waals surface area contributed by atoms with Crippen molar-refractivity contribution in [3.05, 3.63) is 71.8 Å². The molecule has 21 heavy (non-hydrogen) atoms. The van der Waals surface area contributed by atoms with Crippen LogP contribution in [0.3, 0.4) is 0 Å². The predicted octanol–water partition coefficient (Wildman–Crippen LogP) is 4.04. The monoisotopic (exact) mass is 275 g/mol. The summed E-state index contributed by atoms with van der Waals surface area (Å²) in [5, 5.41) is 9.30. The van der Waals surface area contributed by atoms with Gasteiger partial charge < -0.3 is 9.47 Å². The van der Waals surface area contributed by atoms with Gasteiger partial charge in [0.1, 0.15) is 0 Å². The van der Waals surface area contributed by atoms with Crippen LogP contribution in [-0.4, -0.2) is 6.79 Å². The van der Waals surface area contributed by atoms with Crippen LogP contribution >= 0.6 is 0 Å². The summed E-state index contributed by atoms with van der Waals surface area (Å²) in [4.78, 5) is 0. The molecule has 1 heterocycles. The minimum atomic E-state index is 0.234. The number of benzene rings is 2. The van der Waals surface area contributed by atoms with Crippen molar-refractivity contribution in [2.75, 3.05) is 6.79 Å². The van der Waals surface area contributed by atoms with Crippen molar-refractivity contribution in [3.8, 4) is 17.6 Å². The highest BCUT2D eigenvalue weighted by atomic mass is 16.7. The topological polar surface area (TPSA) is 42.2 Å². The van der Waals surface area contributed by atoms with E-state index in [9.17, 15) is 5.26 Å². The van der Waals surface area contributed by atoms with E-state index in [2.05, 4.69) is 6.07 Å². The van der Waals surface area contributed by atoms with Crippen molar-refractivity contribution in [2.45, 2.75) is 0 Å². The molecule has 0 amide bonds. The first-order valence-corrected chi connectivity index (χ1v) is 6.60. The maximum Gasteiger partial charge on any atom is 0.231 e. The second-order valence-electron chi connectivity index (χ2n) is 4.53. The van der Waals surface area contributed by atoms with Gasteiger partial charge in [-0.2, -0.15) is 5.26 Å². The number of ether oxygens (including phenoxy) is 2. The highest BCUT2D eigenvalue weighted by Gasteiger charge is 2.14. The Morgan fingerprint density at radius 3 is 2.67 bits per heavy atom. The lowest BCUT2D eigenvalue weighted by atomic mass is 10.1. The molecule has 0 saturated heterocycles. The van der Waals surface area contributed by atoms with Crippen molar-refractivity contribution in [3.63, 3.8) is 0 Å². The molecule has 3 heteroatoms. The molecule has 0 N–H and O–H groups in total. The normalized spacial score (nSPS) is 13.4. The van der Waals surface area contributed by atoms with Crippen LogP contribution < -0.4 is 9.47 Å². The van der Waals surface area contributed by atoms with Crippen LogP contribution in [0, 0.1) is 11.3 Å². The third kappa shape index (κ3) is 2.96. The number of hydrogen-bond acceptors (Lipinski definition) is 3. The van der Waals surface area contributed by atoms with Crippen molar-refractivity contribution in [1.29, 1.82) is 5.26 Å². The zero-order valence-electron chi connectivity index (χ0n) is 11.3. The van der Waals surface area contributed by atoms with Crippen molar-refractivity contribution < 1.29 is 9.47 Å². The van der Waals surface area contributed by atoms with Gasteiger partial charge in [-0.05, 0) is 35.4 Å². The van der Waals surface area contributed by atoms with Crippen LogP contribution in [0.25, 0.3) is 11.6 Å². The number of hydrogen-bond donors (Lipinski definition) is 0. The first-order chi connectivity index (χ1) is 10.4. The van der Waals surface area contributed by atoms with Gasteiger partial charge in [-0.1, -0.05) is 42.5 Å². The molecule has 1 aliphatic rings.